The maximum absolute atomic E-state index is 13.3. The van der Waals surface area contributed by atoms with Crippen molar-refractivity contribution in [2.24, 2.45) is 7.05 Å². The standard InChI is InChI=1S/C21H25F2N7OS2/c1-11-10-30(7-6-24-11)14-9-12(33-28-21(2)4-5-21)8-13-15(14)20(31)29(3)27-16(13)18-25-26-19(32-18)17(22)23/h8-9,11,17,24,28H,4-7,10H2,1-3H3. The number of aromatic nitrogens is 4. The van der Waals surface area contributed by atoms with Gasteiger partial charge in [0.15, 0.2) is 10.0 Å². The summed E-state index contributed by atoms with van der Waals surface area (Å²) in [6.45, 7) is 6.61. The topological polar surface area (TPSA) is 88.0 Å². The molecule has 1 aliphatic heterocycles. The number of nitrogens with zero attached hydrogens (tertiary/aromatic N) is 5. The molecular formula is C21H25F2N7OS2. The molecule has 2 N–H and O–H groups in total. The number of aryl methyl sites for hydroxylation is 1. The fourth-order valence-electron chi connectivity index (χ4n) is 3.93. The van der Waals surface area contributed by atoms with Gasteiger partial charge in [-0.15, -0.1) is 10.2 Å². The van der Waals surface area contributed by atoms with E-state index in [0.29, 0.717) is 16.5 Å². The molecule has 8 nitrogen and oxygen atoms in total. The number of alkyl halides is 2. The Hall–Kier alpha value is -2.15. The van der Waals surface area contributed by atoms with Crippen molar-refractivity contribution in [2.75, 3.05) is 24.5 Å². The second-order valence-electron chi connectivity index (χ2n) is 8.95. The van der Waals surface area contributed by atoms with E-state index >= 15 is 0 Å². The van der Waals surface area contributed by atoms with Gasteiger partial charge in [0.1, 0.15) is 5.69 Å². The summed E-state index contributed by atoms with van der Waals surface area (Å²) in [6.07, 6.45) is -0.475. The molecule has 176 valence electrons. The van der Waals surface area contributed by atoms with Crippen LogP contribution in [0, 0.1) is 0 Å². The minimum absolute atomic E-state index is 0.114. The predicted molar refractivity (Wildman–Crippen MR) is 127 cm³/mol. The van der Waals surface area contributed by atoms with E-state index in [-0.39, 0.29) is 27.2 Å². The second-order valence-corrected chi connectivity index (χ2v) is 10.8. The second kappa shape index (κ2) is 8.57. The van der Waals surface area contributed by atoms with Gasteiger partial charge in [-0.25, -0.2) is 13.5 Å². The third kappa shape index (κ3) is 4.48. The van der Waals surface area contributed by atoms with Crippen molar-refractivity contribution in [3.63, 3.8) is 0 Å². The number of benzene rings is 1. The predicted octanol–water partition coefficient (Wildman–Crippen LogP) is 3.34. The molecule has 33 heavy (non-hydrogen) atoms. The summed E-state index contributed by atoms with van der Waals surface area (Å²) in [5, 5.41) is 16.5. The van der Waals surface area contributed by atoms with Gasteiger partial charge in [-0.2, -0.15) is 5.10 Å². The van der Waals surface area contributed by atoms with Crippen molar-refractivity contribution in [3.05, 3.63) is 27.5 Å². The first-order valence-electron chi connectivity index (χ1n) is 10.8. The molecule has 1 aromatic carbocycles. The minimum atomic E-state index is -2.71. The highest BCUT2D eigenvalue weighted by molar-refractivity contribution is 7.97. The number of rotatable bonds is 6. The van der Waals surface area contributed by atoms with E-state index in [1.807, 2.05) is 12.1 Å². The molecule has 1 unspecified atom stereocenters. The van der Waals surface area contributed by atoms with E-state index in [1.54, 1.807) is 7.05 Å². The Kier molecular flexibility index (Phi) is 5.88. The lowest BCUT2D eigenvalue weighted by Crippen LogP contribution is -2.49. The molecule has 1 aliphatic carbocycles. The van der Waals surface area contributed by atoms with Gasteiger partial charge < -0.3 is 10.2 Å². The summed E-state index contributed by atoms with van der Waals surface area (Å²) in [7, 11) is 1.57. The highest BCUT2D eigenvalue weighted by Gasteiger charge is 2.37. The zero-order valence-corrected chi connectivity index (χ0v) is 20.2. The summed E-state index contributed by atoms with van der Waals surface area (Å²) in [5.74, 6) is 0. The van der Waals surface area contributed by atoms with Crippen LogP contribution in [0.15, 0.2) is 21.8 Å². The molecule has 2 aromatic heterocycles. The maximum atomic E-state index is 13.3. The van der Waals surface area contributed by atoms with Crippen molar-refractivity contribution in [3.8, 4) is 10.7 Å². The van der Waals surface area contributed by atoms with Gasteiger partial charge in [-0.1, -0.05) is 11.3 Å². The highest BCUT2D eigenvalue weighted by atomic mass is 32.2. The smallest absolute Gasteiger partial charge is 0.291 e. The van der Waals surface area contributed by atoms with E-state index in [0.717, 1.165) is 54.4 Å². The Morgan fingerprint density at radius 1 is 1.33 bits per heavy atom. The first-order chi connectivity index (χ1) is 15.7. The molecule has 2 fully saturated rings. The van der Waals surface area contributed by atoms with E-state index in [9.17, 15) is 13.6 Å². The van der Waals surface area contributed by atoms with Gasteiger partial charge in [0.2, 0.25) is 0 Å². The largest absolute Gasteiger partial charge is 0.368 e. The Morgan fingerprint density at radius 2 is 2.12 bits per heavy atom. The maximum Gasteiger partial charge on any atom is 0.291 e. The van der Waals surface area contributed by atoms with Crippen LogP contribution in [-0.4, -0.2) is 51.2 Å². The zero-order chi connectivity index (χ0) is 23.3. The van der Waals surface area contributed by atoms with E-state index in [2.05, 4.69) is 44.1 Å². The fraction of sp³-hybridized carbons (Fsp3) is 0.524. The normalized spacial score (nSPS) is 20.1. The fourth-order valence-corrected chi connectivity index (χ4v) is 5.54. The lowest BCUT2D eigenvalue weighted by Gasteiger charge is -2.34. The zero-order valence-electron chi connectivity index (χ0n) is 18.6. The van der Waals surface area contributed by atoms with Gasteiger partial charge >= 0.3 is 0 Å². The van der Waals surface area contributed by atoms with Crippen LogP contribution in [0.1, 0.15) is 38.1 Å². The van der Waals surface area contributed by atoms with Crippen LogP contribution in [-0.2, 0) is 7.05 Å². The molecule has 1 atom stereocenters. The van der Waals surface area contributed by atoms with E-state index < -0.39 is 6.43 Å². The van der Waals surface area contributed by atoms with Gasteiger partial charge in [0, 0.05) is 48.5 Å². The molecule has 5 rings (SSSR count). The number of halogens is 2. The summed E-state index contributed by atoms with van der Waals surface area (Å²) in [6, 6.07) is 4.22. The van der Waals surface area contributed by atoms with Crippen molar-refractivity contribution >= 4 is 39.7 Å². The van der Waals surface area contributed by atoms with Gasteiger partial charge in [-0.05, 0) is 50.8 Å². The third-order valence-corrected chi connectivity index (χ3v) is 8.06. The quantitative estimate of drug-likeness (QED) is 0.506. The Morgan fingerprint density at radius 3 is 2.79 bits per heavy atom. The summed E-state index contributed by atoms with van der Waals surface area (Å²) in [5.41, 5.74) is 1.10. The van der Waals surface area contributed by atoms with Gasteiger partial charge in [0.25, 0.3) is 12.0 Å². The molecular weight excluding hydrogens is 468 g/mol. The van der Waals surface area contributed by atoms with E-state index in [4.69, 9.17) is 0 Å². The van der Waals surface area contributed by atoms with Crippen molar-refractivity contribution in [2.45, 2.75) is 49.6 Å². The van der Waals surface area contributed by atoms with Gasteiger partial charge in [-0.3, -0.25) is 9.52 Å². The van der Waals surface area contributed by atoms with Crippen LogP contribution in [0.25, 0.3) is 21.5 Å². The molecule has 0 radical (unpaired) electrons. The highest BCUT2D eigenvalue weighted by Crippen LogP contribution is 2.40. The molecule has 3 heterocycles. The third-order valence-electron chi connectivity index (χ3n) is 6.06. The van der Waals surface area contributed by atoms with Crippen LogP contribution < -0.4 is 20.5 Å². The van der Waals surface area contributed by atoms with E-state index in [1.165, 1.54) is 16.6 Å². The Labute approximate surface area is 197 Å². The SMILES string of the molecule is CC1CN(c2cc(SNC3(C)CC3)cc3c(-c4nnc(C(F)F)s4)nn(C)c(=O)c23)CCN1. The van der Waals surface area contributed by atoms with Gasteiger partial charge in [0.05, 0.1) is 11.1 Å². The summed E-state index contributed by atoms with van der Waals surface area (Å²) >= 11 is 2.33. The molecule has 1 saturated carbocycles. The van der Waals surface area contributed by atoms with Crippen LogP contribution >= 0.6 is 23.3 Å². The van der Waals surface area contributed by atoms with Crippen LogP contribution in [0.2, 0.25) is 0 Å². The minimum Gasteiger partial charge on any atom is -0.368 e. The number of nitrogens with one attached hydrogen (secondary N) is 2. The first-order valence-corrected chi connectivity index (χ1v) is 12.5. The lowest BCUT2D eigenvalue weighted by molar-refractivity contribution is 0.150. The molecule has 12 heteroatoms. The summed E-state index contributed by atoms with van der Waals surface area (Å²) < 4.78 is 31.1. The van der Waals surface area contributed by atoms with Crippen molar-refractivity contribution in [1.82, 2.24) is 30.0 Å². The average Bonchev–Trinajstić information content (AvgIpc) is 3.31. The van der Waals surface area contributed by atoms with Crippen LogP contribution in [0.5, 0.6) is 0 Å². The Balaban J connectivity index is 1.70. The number of fused-ring (bicyclic) bond motifs is 1. The van der Waals surface area contributed by atoms with Crippen molar-refractivity contribution in [1.29, 1.82) is 0 Å². The molecule has 0 bridgehead atoms. The van der Waals surface area contributed by atoms with Crippen molar-refractivity contribution < 1.29 is 8.78 Å². The molecule has 0 amide bonds. The molecule has 2 aliphatic rings. The Bertz CT molecular complexity index is 1260. The number of piperazine rings is 1. The first kappa shape index (κ1) is 22.6. The van der Waals surface area contributed by atoms with Crippen LogP contribution in [0.4, 0.5) is 14.5 Å². The molecule has 0 spiro atoms. The number of anilines is 1. The molecule has 3 aromatic rings. The molecule has 1 saturated heterocycles. The lowest BCUT2D eigenvalue weighted by atomic mass is 10.1. The average molecular weight is 494 g/mol. The number of hydrogen-bond donors (Lipinski definition) is 2. The summed E-state index contributed by atoms with van der Waals surface area (Å²) in [4.78, 5) is 16.4. The monoisotopic (exact) mass is 493 g/mol. The van der Waals surface area contributed by atoms with Crippen LogP contribution in [0.3, 0.4) is 0 Å². The number of hydrogen-bond acceptors (Lipinski definition) is 9.